The van der Waals surface area contributed by atoms with Crippen LogP contribution in [0.2, 0.25) is 0 Å². The predicted molar refractivity (Wildman–Crippen MR) is 70.2 cm³/mol. The van der Waals surface area contributed by atoms with E-state index < -0.39 is 11.4 Å². The molecule has 1 aromatic heterocycles. The van der Waals surface area contributed by atoms with E-state index in [0.29, 0.717) is 13.0 Å². The van der Waals surface area contributed by atoms with Crippen LogP contribution in [0.1, 0.15) is 18.9 Å². The average molecular weight is 260 g/mol. The Kier molecular flexibility index (Phi) is 3.64. The summed E-state index contributed by atoms with van der Waals surface area (Å²) in [5.41, 5.74) is 0.0219. The third kappa shape index (κ3) is 2.99. The summed E-state index contributed by atoms with van der Waals surface area (Å²) in [5, 5.41) is 9.12. The van der Waals surface area contributed by atoms with Gasteiger partial charge in [-0.25, -0.2) is 0 Å². The van der Waals surface area contributed by atoms with Crippen LogP contribution in [0.25, 0.3) is 6.08 Å². The van der Waals surface area contributed by atoms with Gasteiger partial charge in [-0.05, 0) is 31.1 Å². The zero-order chi connectivity index (χ0) is 13.9. The summed E-state index contributed by atoms with van der Waals surface area (Å²) >= 11 is 0. The van der Waals surface area contributed by atoms with Gasteiger partial charge in [0, 0.05) is 31.6 Å². The summed E-state index contributed by atoms with van der Waals surface area (Å²) in [4.78, 5) is 28.6. The lowest BCUT2D eigenvalue weighted by molar-refractivity contribution is -0.147. The van der Waals surface area contributed by atoms with Gasteiger partial charge < -0.3 is 10.0 Å². The van der Waals surface area contributed by atoms with Crippen molar-refractivity contribution < 1.29 is 14.7 Å². The Morgan fingerprint density at radius 1 is 1.53 bits per heavy atom. The molecule has 5 heteroatoms. The number of hydrogen-bond acceptors (Lipinski definition) is 3. The van der Waals surface area contributed by atoms with Crippen molar-refractivity contribution in [2.45, 2.75) is 13.3 Å². The van der Waals surface area contributed by atoms with Gasteiger partial charge in [0.25, 0.3) is 0 Å². The molecule has 100 valence electrons. The summed E-state index contributed by atoms with van der Waals surface area (Å²) in [6.07, 6.45) is 6.97. The molecule has 1 saturated heterocycles. The van der Waals surface area contributed by atoms with Gasteiger partial charge in [0.05, 0.1) is 5.41 Å². The fourth-order valence-electron chi connectivity index (χ4n) is 2.07. The molecule has 0 radical (unpaired) electrons. The SMILES string of the molecule is C[C@]1(C(=O)O)CCN(C(=O)/C=C\c2cccnc2)C1. The van der Waals surface area contributed by atoms with Crippen LogP contribution in [0.4, 0.5) is 0 Å². The van der Waals surface area contributed by atoms with Crippen molar-refractivity contribution in [1.82, 2.24) is 9.88 Å². The van der Waals surface area contributed by atoms with Crippen molar-refractivity contribution in [1.29, 1.82) is 0 Å². The van der Waals surface area contributed by atoms with Crippen LogP contribution in [0.5, 0.6) is 0 Å². The molecule has 1 aliphatic rings. The Labute approximate surface area is 111 Å². The van der Waals surface area contributed by atoms with Gasteiger partial charge in [0.1, 0.15) is 0 Å². The molecule has 0 aliphatic carbocycles. The maximum Gasteiger partial charge on any atom is 0.311 e. The minimum atomic E-state index is -0.848. The Morgan fingerprint density at radius 2 is 2.32 bits per heavy atom. The molecule has 1 fully saturated rings. The Morgan fingerprint density at radius 3 is 2.89 bits per heavy atom. The summed E-state index contributed by atoms with van der Waals surface area (Å²) in [5.74, 6) is -1.01. The predicted octanol–water partition coefficient (Wildman–Crippen LogP) is 1.42. The van der Waals surface area contributed by atoms with Gasteiger partial charge in [0.15, 0.2) is 0 Å². The summed E-state index contributed by atoms with van der Waals surface area (Å²) < 4.78 is 0. The first-order valence-corrected chi connectivity index (χ1v) is 6.12. The lowest BCUT2D eigenvalue weighted by Gasteiger charge is -2.18. The van der Waals surface area contributed by atoms with Crippen LogP contribution in [0, 0.1) is 5.41 Å². The van der Waals surface area contributed by atoms with Crippen LogP contribution in [-0.4, -0.2) is 40.0 Å². The summed E-state index contributed by atoms with van der Waals surface area (Å²) in [7, 11) is 0. The Hall–Kier alpha value is -2.17. The Bertz CT molecular complexity index is 513. The number of pyridine rings is 1. The highest BCUT2D eigenvalue weighted by Crippen LogP contribution is 2.30. The lowest BCUT2D eigenvalue weighted by Crippen LogP contribution is -2.34. The van der Waals surface area contributed by atoms with E-state index in [-0.39, 0.29) is 12.5 Å². The molecule has 0 spiro atoms. The van der Waals surface area contributed by atoms with Crippen LogP contribution in [0.15, 0.2) is 30.6 Å². The van der Waals surface area contributed by atoms with Crippen molar-refractivity contribution in [3.05, 3.63) is 36.2 Å². The normalized spacial score (nSPS) is 22.9. The monoisotopic (exact) mass is 260 g/mol. The quantitative estimate of drug-likeness (QED) is 0.834. The smallest absolute Gasteiger partial charge is 0.311 e. The first-order chi connectivity index (χ1) is 9.01. The van der Waals surface area contributed by atoms with Gasteiger partial charge in [-0.1, -0.05) is 6.07 Å². The van der Waals surface area contributed by atoms with Crippen LogP contribution >= 0.6 is 0 Å². The largest absolute Gasteiger partial charge is 0.481 e. The van der Waals surface area contributed by atoms with E-state index in [4.69, 9.17) is 5.11 Å². The maximum atomic E-state index is 12.0. The molecule has 1 aliphatic heterocycles. The lowest BCUT2D eigenvalue weighted by atomic mass is 9.90. The maximum absolute atomic E-state index is 12.0. The molecule has 19 heavy (non-hydrogen) atoms. The highest BCUT2D eigenvalue weighted by molar-refractivity contribution is 5.92. The topological polar surface area (TPSA) is 70.5 Å². The van der Waals surface area contributed by atoms with E-state index in [2.05, 4.69) is 4.98 Å². The third-order valence-electron chi connectivity index (χ3n) is 3.40. The zero-order valence-corrected chi connectivity index (χ0v) is 10.7. The van der Waals surface area contributed by atoms with Crippen LogP contribution in [-0.2, 0) is 9.59 Å². The average Bonchev–Trinajstić information content (AvgIpc) is 2.81. The highest BCUT2D eigenvalue weighted by atomic mass is 16.4. The van der Waals surface area contributed by atoms with Crippen molar-refractivity contribution in [3.63, 3.8) is 0 Å². The van der Waals surface area contributed by atoms with Gasteiger partial charge in [-0.15, -0.1) is 0 Å². The number of amides is 1. The molecule has 1 atom stereocenters. The molecule has 0 bridgehead atoms. The Balaban J connectivity index is 1.99. The molecule has 5 nitrogen and oxygen atoms in total. The van der Waals surface area contributed by atoms with Gasteiger partial charge in [0.2, 0.25) is 5.91 Å². The number of carboxylic acids is 1. The number of aromatic nitrogens is 1. The molecule has 1 N–H and O–H groups in total. The summed E-state index contributed by atoms with van der Waals surface area (Å²) in [6, 6.07) is 3.64. The first kappa shape index (κ1) is 13.3. The number of carbonyl (C=O) groups is 2. The first-order valence-electron chi connectivity index (χ1n) is 6.12. The molecule has 2 heterocycles. The van der Waals surface area contributed by atoms with E-state index >= 15 is 0 Å². The number of nitrogens with zero attached hydrogens (tertiary/aromatic N) is 2. The highest BCUT2D eigenvalue weighted by Gasteiger charge is 2.41. The zero-order valence-electron chi connectivity index (χ0n) is 10.7. The minimum absolute atomic E-state index is 0.158. The number of aliphatic carboxylic acids is 1. The van der Waals surface area contributed by atoms with Gasteiger partial charge in [-0.2, -0.15) is 0 Å². The molecule has 0 saturated carbocycles. The standard InChI is InChI=1S/C14H16N2O3/c1-14(13(18)19)6-8-16(10-14)12(17)5-4-11-3-2-7-15-9-11/h2-5,7,9H,6,8,10H2,1H3,(H,18,19)/b5-4-/t14-/m0/s1. The number of rotatable bonds is 3. The van der Waals surface area contributed by atoms with E-state index in [1.807, 2.05) is 6.07 Å². The fraction of sp³-hybridized carbons (Fsp3) is 0.357. The van der Waals surface area contributed by atoms with Crippen LogP contribution < -0.4 is 0 Å². The van der Waals surface area contributed by atoms with Crippen molar-refractivity contribution in [2.75, 3.05) is 13.1 Å². The van der Waals surface area contributed by atoms with Gasteiger partial charge >= 0.3 is 5.97 Å². The number of likely N-dealkylation sites (tertiary alicyclic amines) is 1. The molecule has 2 rings (SSSR count). The number of carboxylic acid groups (broad SMARTS) is 1. The second-order valence-corrected chi connectivity index (χ2v) is 5.00. The fourth-order valence-corrected chi connectivity index (χ4v) is 2.07. The van der Waals surface area contributed by atoms with Crippen LogP contribution in [0.3, 0.4) is 0 Å². The molecule has 1 aromatic rings. The molecule has 1 amide bonds. The number of carbonyl (C=O) groups excluding carboxylic acids is 1. The van der Waals surface area contributed by atoms with E-state index in [9.17, 15) is 9.59 Å². The van der Waals surface area contributed by atoms with Crippen molar-refractivity contribution in [3.8, 4) is 0 Å². The van der Waals surface area contributed by atoms with E-state index in [1.165, 1.54) is 6.08 Å². The molecule has 0 unspecified atom stereocenters. The van der Waals surface area contributed by atoms with E-state index in [1.54, 1.807) is 36.4 Å². The molecular weight excluding hydrogens is 244 g/mol. The second-order valence-electron chi connectivity index (χ2n) is 5.00. The third-order valence-corrected chi connectivity index (χ3v) is 3.40. The molecule has 0 aromatic carbocycles. The second kappa shape index (κ2) is 5.22. The van der Waals surface area contributed by atoms with E-state index in [0.717, 1.165) is 5.56 Å². The summed E-state index contributed by atoms with van der Waals surface area (Å²) in [6.45, 7) is 2.42. The van der Waals surface area contributed by atoms with Crippen molar-refractivity contribution in [2.24, 2.45) is 5.41 Å². The molecular formula is C14H16N2O3. The number of hydrogen-bond donors (Lipinski definition) is 1. The minimum Gasteiger partial charge on any atom is -0.481 e. The van der Waals surface area contributed by atoms with Crippen molar-refractivity contribution >= 4 is 18.0 Å². The van der Waals surface area contributed by atoms with Gasteiger partial charge in [-0.3, -0.25) is 14.6 Å².